The summed E-state index contributed by atoms with van der Waals surface area (Å²) >= 11 is 0. The predicted molar refractivity (Wildman–Crippen MR) is 159 cm³/mol. The number of fused-ring (bicyclic) bond motifs is 17. The maximum atomic E-state index is 13.4. The van der Waals surface area contributed by atoms with Crippen molar-refractivity contribution in [1.82, 2.24) is 5.32 Å². The summed E-state index contributed by atoms with van der Waals surface area (Å²) in [6.07, 6.45) is 7.21. The van der Waals surface area contributed by atoms with Gasteiger partial charge in [-0.25, -0.2) is 0 Å². The van der Waals surface area contributed by atoms with Crippen molar-refractivity contribution in [2.24, 2.45) is 5.92 Å². The van der Waals surface area contributed by atoms with Crippen molar-refractivity contribution < 1.29 is 44.0 Å². The summed E-state index contributed by atoms with van der Waals surface area (Å²) in [5.41, 5.74) is -0.784. The molecule has 1 aromatic rings. The number of esters is 1. The highest BCUT2D eigenvalue weighted by molar-refractivity contribution is 6.29. The van der Waals surface area contributed by atoms with Crippen molar-refractivity contribution in [2.45, 2.75) is 97.4 Å². The van der Waals surface area contributed by atoms with Gasteiger partial charge in [-0.05, 0) is 63.5 Å². The minimum atomic E-state index is -1.46. The zero-order valence-electron chi connectivity index (χ0n) is 25.1. The number of hydrogen-bond donors (Lipinski definition) is 4. The number of nitrogens with one attached hydrogen (secondary N) is 1. The van der Waals surface area contributed by atoms with Gasteiger partial charge in [0.25, 0.3) is 5.91 Å². The van der Waals surface area contributed by atoms with Crippen LogP contribution in [0.4, 0.5) is 0 Å². The number of phenols is 1. The highest BCUT2D eigenvalue weighted by Crippen LogP contribution is 2.35. The summed E-state index contributed by atoms with van der Waals surface area (Å²) in [6.45, 7) is 6.30. The molecule has 0 saturated heterocycles. The number of hydrogen-bond acceptors (Lipinski definition) is 9. The molecule has 10 nitrogen and oxygen atoms in total. The van der Waals surface area contributed by atoms with Gasteiger partial charge in [-0.2, -0.15) is 0 Å². The number of aliphatic hydroxyl groups excluding tert-OH is 2. The van der Waals surface area contributed by atoms with Gasteiger partial charge in [0.15, 0.2) is 11.6 Å². The first-order valence-electron chi connectivity index (χ1n) is 14.7. The Kier molecular flexibility index (Phi) is 11.7. The number of allylic oxidation sites excluding steroid dienone is 5. The maximum absolute atomic E-state index is 13.4. The minimum absolute atomic E-state index is 0.0748. The molecule has 232 valence electrons. The summed E-state index contributed by atoms with van der Waals surface area (Å²) in [4.78, 5) is 64.3. The molecular weight excluding hydrogens is 554 g/mol. The zero-order chi connectivity index (χ0) is 31.8. The number of ketones is 3. The van der Waals surface area contributed by atoms with Crippen LogP contribution in [0.2, 0.25) is 0 Å². The highest BCUT2D eigenvalue weighted by atomic mass is 16.5. The molecule has 1 aromatic carbocycles. The summed E-state index contributed by atoms with van der Waals surface area (Å²) in [5, 5.41) is 34.4. The van der Waals surface area contributed by atoms with Crippen LogP contribution in [0.5, 0.6) is 5.75 Å². The van der Waals surface area contributed by atoms with Gasteiger partial charge in [0.2, 0.25) is 5.78 Å². The number of aromatic hydroxyl groups is 1. The van der Waals surface area contributed by atoms with Crippen LogP contribution in [-0.4, -0.2) is 62.9 Å². The van der Waals surface area contributed by atoms with E-state index in [1.807, 2.05) is 13.0 Å². The van der Waals surface area contributed by atoms with Crippen molar-refractivity contribution in [1.29, 1.82) is 0 Å². The van der Waals surface area contributed by atoms with Crippen LogP contribution in [0.1, 0.15) is 109 Å². The lowest BCUT2D eigenvalue weighted by atomic mass is 9.83. The second-order valence-electron chi connectivity index (χ2n) is 11.5. The molecule has 4 atom stereocenters. The number of Topliss-reactive ketones (excluding diaryl/α,β-unsaturated/α-hetero) is 2. The van der Waals surface area contributed by atoms with Crippen LogP contribution < -0.4 is 5.32 Å². The van der Waals surface area contributed by atoms with E-state index < -0.39 is 53.3 Å². The van der Waals surface area contributed by atoms with Gasteiger partial charge in [-0.3, -0.25) is 24.0 Å². The van der Waals surface area contributed by atoms with Crippen molar-refractivity contribution in [2.75, 3.05) is 0 Å². The van der Waals surface area contributed by atoms with Crippen LogP contribution in [-0.2, 0) is 14.3 Å². The largest absolute Gasteiger partial charge is 0.507 e. The SMILES string of the molecule is CC(=O)OC1CCCCCC(O)C(=O)c2cc(C)c(O)c3c2C(=O)C=C(NC(=O)/C(C)=C\C=C\C(C)CCC(O)C1)C3=O. The predicted octanol–water partition coefficient (Wildman–Crippen LogP) is 4.19. The monoisotopic (exact) mass is 595 g/mol. The molecule has 1 aliphatic carbocycles. The lowest BCUT2D eigenvalue weighted by molar-refractivity contribution is -0.148. The zero-order valence-corrected chi connectivity index (χ0v) is 25.1. The van der Waals surface area contributed by atoms with E-state index in [1.165, 1.54) is 26.8 Å². The number of benzene rings is 1. The van der Waals surface area contributed by atoms with Crippen molar-refractivity contribution in [3.05, 3.63) is 63.9 Å². The molecule has 2 heterocycles. The first-order chi connectivity index (χ1) is 20.3. The molecule has 4 bridgehead atoms. The van der Waals surface area contributed by atoms with Crippen molar-refractivity contribution in [3.8, 4) is 5.75 Å². The Bertz CT molecular complexity index is 1370. The summed E-state index contributed by atoms with van der Waals surface area (Å²) < 4.78 is 5.41. The fourth-order valence-corrected chi connectivity index (χ4v) is 5.29. The number of aryl methyl sites for hydroxylation is 1. The average Bonchev–Trinajstić information content (AvgIpc) is 2.94. The second kappa shape index (κ2) is 15.0. The molecule has 4 unspecified atom stereocenters. The third-order valence-corrected chi connectivity index (χ3v) is 7.77. The Labute approximate surface area is 251 Å². The molecule has 0 radical (unpaired) electrons. The third-order valence-electron chi connectivity index (χ3n) is 7.77. The van der Waals surface area contributed by atoms with E-state index in [1.54, 1.807) is 12.2 Å². The average molecular weight is 596 g/mol. The second-order valence-corrected chi connectivity index (χ2v) is 11.5. The number of aliphatic hydroxyl groups is 2. The summed E-state index contributed by atoms with van der Waals surface area (Å²) in [5.74, 6) is -3.79. The fraction of sp³-hybridized carbons (Fsp3) is 0.485. The number of phenolic OH excluding ortho intramolecular Hbond substituents is 1. The molecule has 4 N–H and O–H groups in total. The maximum Gasteiger partial charge on any atom is 0.302 e. The van der Waals surface area contributed by atoms with E-state index in [2.05, 4.69) is 5.32 Å². The standard InChI is InChI=1S/C33H41NO9/c1-18-9-8-10-19(2)33(42)34-25-17-27(38)28-24(15-20(3)30(39)29(28)32(25)41)31(40)26(37)12-7-5-6-11-23(43-21(4)35)16-22(36)14-13-18/h8-10,15,17-18,22-23,26,36-37,39H,5-7,11-14,16H2,1-4H3,(H,34,42)/b9-8+,19-10-. The van der Waals surface area contributed by atoms with Crippen LogP contribution in [0.3, 0.4) is 0 Å². The smallest absolute Gasteiger partial charge is 0.302 e. The van der Waals surface area contributed by atoms with E-state index in [-0.39, 0.29) is 45.9 Å². The van der Waals surface area contributed by atoms with Crippen LogP contribution in [0.25, 0.3) is 0 Å². The van der Waals surface area contributed by atoms with E-state index >= 15 is 0 Å². The normalized spacial score (nSPS) is 26.9. The van der Waals surface area contributed by atoms with Gasteiger partial charge in [0, 0.05) is 36.1 Å². The lowest BCUT2D eigenvalue weighted by Crippen LogP contribution is -2.33. The Morgan fingerprint density at radius 1 is 0.977 bits per heavy atom. The Morgan fingerprint density at radius 3 is 2.37 bits per heavy atom. The fourth-order valence-electron chi connectivity index (χ4n) is 5.29. The molecule has 0 aromatic heterocycles. The molecule has 3 aliphatic rings. The molecule has 1 amide bonds. The van der Waals surface area contributed by atoms with Gasteiger partial charge in [-0.1, -0.05) is 38.0 Å². The minimum Gasteiger partial charge on any atom is -0.507 e. The molecule has 0 saturated carbocycles. The molecule has 2 aliphatic heterocycles. The topological polar surface area (TPSA) is 167 Å². The molecule has 0 spiro atoms. The highest BCUT2D eigenvalue weighted by Gasteiger charge is 2.35. The quantitative estimate of drug-likeness (QED) is 0.348. The van der Waals surface area contributed by atoms with Gasteiger partial charge in [0.05, 0.1) is 17.4 Å². The Morgan fingerprint density at radius 2 is 1.67 bits per heavy atom. The number of ether oxygens (including phenoxy) is 1. The van der Waals surface area contributed by atoms with Gasteiger partial charge < -0.3 is 25.4 Å². The number of carbonyl (C=O) groups excluding carboxylic acids is 5. The van der Waals surface area contributed by atoms with Gasteiger partial charge in [-0.15, -0.1) is 0 Å². The Balaban J connectivity index is 1.93. The first-order valence-corrected chi connectivity index (χ1v) is 14.7. The first kappa shape index (κ1) is 33.6. The lowest BCUT2D eigenvalue weighted by Gasteiger charge is -2.22. The van der Waals surface area contributed by atoms with Crippen molar-refractivity contribution in [3.63, 3.8) is 0 Å². The van der Waals surface area contributed by atoms with E-state index in [0.717, 1.165) is 6.08 Å². The van der Waals surface area contributed by atoms with Gasteiger partial charge >= 0.3 is 5.97 Å². The number of carbonyl (C=O) groups is 5. The Hall–Kier alpha value is -3.89. The van der Waals surface area contributed by atoms with Crippen LogP contribution in [0.15, 0.2) is 41.6 Å². The van der Waals surface area contributed by atoms with Crippen molar-refractivity contribution >= 4 is 29.2 Å². The number of amides is 1. The third kappa shape index (κ3) is 8.81. The van der Waals surface area contributed by atoms with Gasteiger partial charge in [0.1, 0.15) is 18.0 Å². The van der Waals surface area contributed by atoms with E-state index in [9.17, 15) is 39.3 Å². The summed E-state index contributed by atoms with van der Waals surface area (Å²) in [7, 11) is 0. The molecule has 0 fully saturated rings. The molecular formula is C33H41NO9. The number of rotatable bonds is 1. The van der Waals surface area contributed by atoms with Crippen LogP contribution in [0, 0.1) is 12.8 Å². The molecule has 4 rings (SSSR count). The molecule has 43 heavy (non-hydrogen) atoms. The van der Waals surface area contributed by atoms with Crippen LogP contribution >= 0.6 is 0 Å². The molecule has 10 heteroatoms. The van der Waals surface area contributed by atoms with E-state index in [0.29, 0.717) is 44.9 Å². The van der Waals surface area contributed by atoms with E-state index in [4.69, 9.17) is 4.74 Å². The summed E-state index contributed by atoms with van der Waals surface area (Å²) in [6, 6.07) is 1.28.